The monoisotopic (exact) mass is 294 g/mol. The summed E-state index contributed by atoms with van der Waals surface area (Å²) in [4.78, 5) is 13.2. The fraction of sp³-hybridized carbons (Fsp3) is 0.462. The molecular formula is C13H18N4O2S. The number of hydrogen-bond acceptors (Lipinski definition) is 5. The maximum atomic E-state index is 11.2. The Morgan fingerprint density at radius 2 is 2.15 bits per heavy atom. The van der Waals surface area contributed by atoms with Crippen LogP contribution in [0.1, 0.15) is 27.9 Å². The quantitative estimate of drug-likeness (QED) is 0.677. The summed E-state index contributed by atoms with van der Waals surface area (Å²) >= 11 is 1.71. The van der Waals surface area contributed by atoms with Crippen molar-refractivity contribution in [3.63, 3.8) is 0 Å². The Morgan fingerprint density at radius 1 is 1.45 bits per heavy atom. The molecule has 0 aliphatic rings. The van der Waals surface area contributed by atoms with Crippen molar-refractivity contribution < 1.29 is 4.92 Å². The first-order valence-corrected chi connectivity index (χ1v) is 7.27. The number of aromatic nitrogens is 2. The maximum absolute atomic E-state index is 11.2. The summed E-state index contributed by atoms with van der Waals surface area (Å²) in [5.41, 5.74) is 1.76. The van der Waals surface area contributed by atoms with E-state index in [2.05, 4.69) is 30.3 Å². The molecule has 0 radical (unpaired) electrons. The van der Waals surface area contributed by atoms with Gasteiger partial charge in [-0.3, -0.25) is 10.1 Å². The zero-order valence-corrected chi connectivity index (χ0v) is 12.9. The van der Waals surface area contributed by atoms with Crippen molar-refractivity contribution in [2.75, 3.05) is 5.32 Å². The molecule has 0 fully saturated rings. The minimum Gasteiger partial charge on any atom is -0.360 e. The molecule has 0 bridgehead atoms. The molecule has 0 aromatic carbocycles. The highest BCUT2D eigenvalue weighted by Crippen LogP contribution is 2.29. The molecule has 2 aromatic heterocycles. The van der Waals surface area contributed by atoms with Crippen molar-refractivity contribution in [1.29, 1.82) is 0 Å². The number of nitro groups is 1. The van der Waals surface area contributed by atoms with Gasteiger partial charge in [-0.15, -0.1) is 11.3 Å². The average Bonchev–Trinajstić information content (AvgIpc) is 2.87. The SMILES string of the molecule is CCn1nc(C)c([N+](=O)[O-])c1NCc1cc(C)c(C)s1. The van der Waals surface area contributed by atoms with Gasteiger partial charge in [-0.1, -0.05) is 0 Å². The molecule has 20 heavy (non-hydrogen) atoms. The van der Waals surface area contributed by atoms with Crippen LogP contribution in [-0.4, -0.2) is 14.7 Å². The summed E-state index contributed by atoms with van der Waals surface area (Å²) in [5.74, 6) is 0.485. The highest BCUT2D eigenvalue weighted by Gasteiger charge is 2.24. The normalized spacial score (nSPS) is 10.8. The van der Waals surface area contributed by atoms with E-state index in [1.54, 1.807) is 22.9 Å². The molecule has 0 atom stereocenters. The van der Waals surface area contributed by atoms with Crippen LogP contribution in [0.2, 0.25) is 0 Å². The number of anilines is 1. The Bertz CT molecular complexity index is 626. The van der Waals surface area contributed by atoms with E-state index in [4.69, 9.17) is 0 Å². The molecule has 2 heterocycles. The molecule has 0 amide bonds. The molecule has 0 aliphatic heterocycles. The van der Waals surface area contributed by atoms with E-state index >= 15 is 0 Å². The molecule has 6 nitrogen and oxygen atoms in total. The Hall–Kier alpha value is -1.89. The first kappa shape index (κ1) is 14.5. The molecule has 0 unspecified atom stereocenters. The van der Waals surface area contributed by atoms with Crippen LogP contribution in [0.15, 0.2) is 6.07 Å². The van der Waals surface area contributed by atoms with Crippen molar-refractivity contribution in [3.8, 4) is 0 Å². The molecule has 1 N–H and O–H groups in total. The summed E-state index contributed by atoms with van der Waals surface area (Å²) in [7, 11) is 0. The fourth-order valence-corrected chi connectivity index (χ4v) is 3.10. The summed E-state index contributed by atoms with van der Waals surface area (Å²) < 4.78 is 1.64. The average molecular weight is 294 g/mol. The van der Waals surface area contributed by atoms with E-state index in [1.165, 1.54) is 10.4 Å². The van der Waals surface area contributed by atoms with Gasteiger partial charge in [-0.25, -0.2) is 4.68 Å². The van der Waals surface area contributed by atoms with Crippen LogP contribution in [0.4, 0.5) is 11.5 Å². The molecule has 0 spiro atoms. The summed E-state index contributed by atoms with van der Waals surface area (Å²) in [6.45, 7) is 8.89. The number of rotatable bonds is 5. The largest absolute Gasteiger partial charge is 0.360 e. The number of hydrogen-bond donors (Lipinski definition) is 1. The highest BCUT2D eigenvalue weighted by atomic mass is 32.1. The fourth-order valence-electron chi connectivity index (χ4n) is 2.10. The number of nitrogens with zero attached hydrogens (tertiary/aromatic N) is 3. The Balaban J connectivity index is 2.26. The molecule has 108 valence electrons. The minimum absolute atomic E-state index is 0.0665. The molecule has 2 aromatic rings. The van der Waals surface area contributed by atoms with Crippen molar-refractivity contribution in [2.24, 2.45) is 0 Å². The lowest BCUT2D eigenvalue weighted by atomic mass is 10.3. The van der Waals surface area contributed by atoms with Crippen LogP contribution in [0.3, 0.4) is 0 Å². The molecule has 0 saturated heterocycles. The summed E-state index contributed by atoms with van der Waals surface area (Å²) in [5, 5.41) is 18.5. The lowest BCUT2D eigenvalue weighted by molar-refractivity contribution is -0.384. The molecular weight excluding hydrogens is 276 g/mol. The summed E-state index contributed by atoms with van der Waals surface area (Å²) in [6, 6.07) is 2.11. The summed E-state index contributed by atoms with van der Waals surface area (Å²) in [6.07, 6.45) is 0. The van der Waals surface area contributed by atoms with Crippen molar-refractivity contribution in [1.82, 2.24) is 9.78 Å². The highest BCUT2D eigenvalue weighted by molar-refractivity contribution is 7.12. The molecule has 7 heteroatoms. The van der Waals surface area contributed by atoms with E-state index in [-0.39, 0.29) is 10.6 Å². The predicted octanol–water partition coefficient (Wildman–Crippen LogP) is 3.41. The Morgan fingerprint density at radius 3 is 2.65 bits per heavy atom. The van der Waals surface area contributed by atoms with Crippen LogP contribution in [0.25, 0.3) is 0 Å². The van der Waals surface area contributed by atoms with Gasteiger partial charge in [0.2, 0.25) is 5.82 Å². The van der Waals surface area contributed by atoms with Crippen molar-refractivity contribution in [3.05, 3.63) is 37.2 Å². The smallest absolute Gasteiger partial charge is 0.333 e. The lowest BCUT2D eigenvalue weighted by Crippen LogP contribution is -2.07. The van der Waals surface area contributed by atoms with Crippen LogP contribution in [-0.2, 0) is 13.1 Å². The van der Waals surface area contributed by atoms with Crippen LogP contribution in [0, 0.1) is 30.9 Å². The molecule has 0 saturated carbocycles. The van der Waals surface area contributed by atoms with Crippen molar-refractivity contribution >= 4 is 22.8 Å². The van der Waals surface area contributed by atoms with Gasteiger partial charge in [0, 0.05) is 16.3 Å². The van der Waals surface area contributed by atoms with E-state index in [0.717, 1.165) is 4.88 Å². The number of aryl methyl sites for hydroxylation is 4. The molecule has 0 aliphatic carbocycles. The van der Waals surface area contributed by atoms with E-state index in [1.807, 2.05) is 6.92 Å². The third-order valence-electron chi connectivity index (χ3n) is 3.23. The second-order valence-corrected chi connectivity index (χ2v) is 6.00. The van der Waals surface area contributed by atoms with E-state index in [0.29, 0.717) is 24.6 Å². The standard InChI is InChI=1S/C13H18N4O2S/c1-5-16-13(12(17(18)19)9(3)15-16)14-7-11-6-8(2)10(4)20-11/h6,14H,5,7H2,1-4H3. The first-order valence-electron chi connectivity index (χ1n) is 6.45. The first-order chi connectivity index (χ1) is 9.43. The third-order valence-corrected chi connectivity index (χ3v) is 4.38. The maximum Gasteiger partial charge on any atom is 0.333 e. The van der Waals surface area contributed by atoms with Crippen LogP contribution in [0.5, 0.6) is 0 Å². The van der Waals surface area contributed by atoms with Gasteiger partial charge in [0.05, 0.1) is 11.5 Å². The predicted molar refractivity (Wildman–Crippen MR) is 80.4 cm³/mol. The van der Waals surface area contributed by atoms with Crippen LogP contribution < -0.4 is 5.32 Å². The second-order valence-electron chi connectivity index (χ2n) is 4.66. The second kappa shape index (κ2) is 5.62. The van der Waals surface area contributed by atoms with Gasteiger partial charge in [0.15, 0.2) is 0 Å². The van der Waals surface area contributed by atoms with E-state index in [9.17, 15) is 10.1 Å². The minimum atomic E-state index is -0.373. The lowest BCUT2D eigenvalue weighted by Gasteiger charge is -2.06. The Labute approximate surface area is 121 Å². The zero-order valence-electron chi connectivity index (χ0n) is 12.1. The van der Waals surface area contributed by atoms with E-state index < -0.39 is 0 Å². The van der Waals surface area contributed by atoms with Crippen LogP contribution >= 0.6 is 11.3 Å². The van der Waals surface area contributed by atoms with Gasteiger partial charge in [-0.2, -0.15) is 5.10 Å². The van der Waals surface area contributed by atoms with Gasteiger partial charge in [-0.05, 0) is 39.3 Å². The van der Waals surface area contributed by atoms with Gasteiger partial charge in [0.25, 0.3) is 0 Å². The van der Waals surface area contributed by atoms with Crippen molar-refractivity contribution in [2.45, 2.75) is 40.8 Å². The number of thiophene rings is 1. The third kappa shape index (κ3) is 2.67. The zero-order chi connectivity index (χ0) is 14.9. The molecule has 2 rings (SSSR count). The Kier molecular flexibility index (Phi) is 4.08. The number of nitrogens with one attached hydrogen (secondary N) is 1. The van der Waals surface area contributed by atoms with Gasteiger partial charge >= 0.3 is 5.69 Å². The topological polar surface area (TPSA) is 73.0 Å². The van der Waals surface area contributed by atoms with Gasteiger partial charge in [0.1, 0.15) is 5.69 Å². The van der Waals surface area contributed by atoms with Gasteiger partial charge < -0.3 is 5.32 Å².